The van der Waals surface area contributed by atoms with E-state index in [4.69, 9.17) is 15.5 Å². The number of aliphatic carboxylic acids is 1. The predicted molar refractivity (Wildman–Crippen MR) is 72.6 cm³/mol. The smallest absolute Gasteiger partial charge is 0.303 e. The van der Waals surface area contributed by atoms with E-state index < -0.39 is 5.97 Å². The Morgan fingerprint density at radius 3 is 2.17 bits per heavy atom. The predicted octanol–water partition coefficient (Wildman–Crippen LogP) is 3.05. The number of carboxylic acid groups (broad SMARTS) is 1. The Morgan fingerprint density at radius 1 is 1.33 bits per heavy atom. The molecule has 1 aromatic rings. The van der Waals surface area contributed by atoms with E-state index in [0.29, 0.717) is 17.5 Å². The van der Waals surface area contributed by atoms with Crippen LogP contribution >= 0.6 is 12.2 Å². The van der Waals surface area contributed by atoms with E-state index in [1.54, 1.807) is 24.3 Å². The lowest BCUT2D eigenvalue weighted by Crippen LogP contribution is -1.92. The van der Waals surface area contributed by atoms with Crippen molar-refractivity contribution < 1.29 is 15.0 Å². The second-order valence-electron chi connectivity index (χ2n) is 3.49. The molecule has 0 aliphatic carbocycles. The average molecular weight is 265 g/mol. The summed E-state index contributed by atoms with van der Waals surface area (Å²) in [6.07, 6.45) is 2.08. The molecule has 0 bridgehead atoms. The first-order chi connectivity index (χ1) is 8.51. The second-order valence-corrected chi connectivity index (χ2v) is 3.88. The number of hydrogen-bond donors (Lipinski definition) is 2. The molecule has 0 unspecified atom stereocenters. The molecular formula is C13H15NO3S. The lowest BCUT2D eigenvalue weighted by Gasteiger charge is -1.94. The van der Waals surface area contributed by atoms with Crippen molar-refractivity contribution in [2.75, 3.05) is 0 Å². The fourth-order valence-electron chi connectivity index (χ4n) is 1.02. The summed E-state index contributed by atoms with van der Waals surface area (Å²) >= 11 is 4.51. The zero-order chi connectivity index (χ0) is 14.0. The third-order valence-electron chi connectivity index (χ3n) is 2.01. The Bertz CT molecular complexity index is 435. The number of carbonyl (C=O) groups is 1. The first kappa shape index (κ1) is 16.1. The first-order valence-electron chi connectivity index (χ1n) is 5.46. The number of thiocarbonyl (C=S) groups is 1. The van der Waals surface area contributed by atoms with Crippen LogP contribution in [0.15, 0.2) is 24.3 Å². The van der Waals surface area contributed by atoms with Gasteiger partial charge >= 0.3 is 5.97 Å². The van der Waals surface area contributed by atoms with Crippen LogP contribution in [0.2, 0.25) is 0 Å². The molecular weight excluding hydrogens is 250 g/mol. The molecule has 96 valence electrons. The summed E-state index contributed by atoms with van der Waals surface area (Å²) in [5, 5.41) is 25.2. The summed E-state index contributed by atoms with van der Waals surface area (Å²) in [6, 6.07) is 8.41. The third-order valence-corrected chi connectivity index (χ3v) is 2.24. The third kappa shape index (κ3) is 7.36. The number of aliphatic hydroxyl groups is 1. The van der Waals surface area contributed by atoms with Crippen LogP contribution in [0.25, 0.3) is 0 Å². The number of aliphatic hydroxyl groups excluding tert-OH is 1. The SMILES string of the molecule is CCCCC(=O)O.N#Cc1ccc(C(O)=S)cc1. The van der Waals surface area contributed by atoms with Crippen LogP contribution in [-0.4, -0.2) is 21.2 Å². The maximum atomic E-state index is 9.76. The molecule has 5 heteroatoms. The van der Waals surface area contributed by atoms with Crippen LogP contribution in [0.3, 0.4) is 0 Å². The van der Waals surface area contributed by atoms with Crippen molar-refractivity contribution in [3.05, 3.63) is 35.4 Å². The summed E-state index contributed by atoms with van der Waals surface area (Å²) in [7, 11) is 0. The van der Waals surface area contributed by atoms with E-state index in [-0.39, 0.29) is 5.05 Å². The van der Waals surface area contributed by atoms with Gasteiger partial charge in [0.2, 0.25) is 0 Å². The van der Waals surface area contributed by atoms with Gasteiger partial charge in [0.25, 0.3) is 0 Å². The van der Waals surface area contributed by atoms with Crippen molar-refractivity contribution in [1.82, 2.24) is 0 Å². The van der Waals surface area contributed by atoms with E-state index in [0.717, 1.165) is 12.8 Å². The molecule has 0 radical (unpaired) electrons. The van der Waals surface area contributed by atoms with Crippen LogP contribution < -0.4 is 0 Å². The summed E-state index contributed by atoms with van der Waals surface area (Å²) < 4.78 is 0. The molecule has 1 aromatic carbocycles. The molecule has 0 fully saturated rings. The highest BCUT2D eigenvalue weighted by Gasteiger charge is 1.96. The number of rotatable bonds is 4. The molecule has 18 heavy (non-hydrogen) atoms. The lowest BCUT2D eigenvalue weighted by molar-refractivity contribution is -0.137. The number of unbranched alkanes of at least 4 members (excludes halogenated alkanes) is 1. The molecule has 2 N–H and O–H groups in total. The zero-order valence-corrected chi connectivity index (χ0v) is 10.9. The number of hydrogen-bond acceptors (Lipinski definition) is 3. The van der Waals surface area contributed by atoms with Gasteiger partial charge in [-0.1, -0.05) is 13.3 Å². The minimum atomic E-state index is -0.693. The molecule has 0 aliphatic heterocycles. The first-order valence-corrected chi connectivity index (χ1v) is 5.87. The van der Waals surface area contributed by atoms with Crippen LogP contribution in [0, 0.1) is 11.3 Å². The highest BCUT2D eigenvalue weighted by atomic mass is 32.1. The standard InChI is InChI=1S/C8H5NOS.C5H10O2/c9-5-6-1-3-7(4-2-6)8(10)11;1-2-3-4-5(6)7/h1-4H,(H,10,11);2-4H2,1H3,(H,6,7). The Balaban J connectivity index is 0.000000360. The largest absolute Gasteiger partial charge is 0.499 e. The molecule has 0 heterocycles. The van der Waals surface area contributed by atoms with Crippen LogP contribution in [0.4, 0.5) is 0 Å². The summed E-state index contributed by atoms with van der Waals surface area (Å²) in [5.41, 5.74) is 1.13. The van der Waals surface area contributed by atoms with E-state index in [1.807, 2.05) is 13.0 Å². The van der Waals surface area contributed by atoms with Gasteiger partial charge in [-0.3, -0.25) is 4.79 Å². The number of nitrogens with zero attached hydrogens (tertiary/aromatic N) is 1. The van der Waals surface area contributed by atoms with Crippen molar-refractivity contribution in [3.63, 3.8) is 0 Å². The van der Waals surface area contributed by atoms with Gasteiger partial charge in [0.05, 0.1) is 11.6 Å². The van der Waals surface area contributed by atoms with Crippen molar-refractivity contribution in [3.8, 4) is 6.07 Å². The summed E-state index contributed by atoms with van der Waals surface area (Å²) in [6.45, 7) is 1.98. The van der Waals surface area contributed by atoms with E-state index in [1.165, 1.54) is 0 Å². The minimum absolute atomic E-state index is 0.144. The molecule has 0 amide bonds. The second kappa shape index (κ2) is 9.14. The topological polar surface area (TPSA) is 81.3 Å². The fourth-order valence-corrected chi connectivity index (χ4v) is 1.15. The van der Waals surface area contributed by atoms with E-state index >= 15 is 0 Å². The zero-order valence-electron chi connectivity index (χ0n) is 10.1. The summed E-state index contributed by atoms with van der Waals surface area (Å²) in [5.74, 6) is -0.693. The van der Waals surface area contributed by atoms with Crippen molar-refractivity contribution in [2.45, 2.75) is 26.2 Å². The number of benzene rings is 1. The quantitative estimate of drug-likeness (QED) is 0.818. The van der Waals surface area contributed by atoms with Crippen molar-refractivity contribution in [1.29, 1.82) is 5.26 Å². The van der Waals surface area contributed by atoms with Gasteiger partial charge in [0.1, 0.15) is 0 Å². The highest BCUT2D eigenvalue weighted by molar-refractivity contribution is 7.80. The Labute approximate surface area is 111 Å². The van der Waals surface area contributed by atoms with Gasteiger partial charge in [-0.05, 0) is 42.9 Å². The van der Waals surface area contributed by atoms with Gasteiger partial charge in [0.15, 0.2) is 5.05 Å². The monoisotopic (exact) mass is 265 g/mol. The van der Waals surface area contributed by atoms with Gasteiger partial charge in [-0.25, -0.2) is 0 Å². The van der Waals surface area contributed by atoms with E-state index in [9.17, 15) is 4.79 Å². The molecule has 0 aromatic heterocycles. The lowest BCUT2D eigenvalue weighted by atomic mass is 10.2. The number of carboxylic acids is 1. The van der Waals surface area contributed by atoms with Gasteiger partial charge < -0.3 is 10.2 Å². The van der Waals surface area contributed by atoms with Gasteiger partial charge in [0, 0.05) is 12.0 Å². The summed E-state index contributed by atoms with van der Waals surface area (Å²) in [4.78, 5) is 9.76. The normalized spacial score (nSPS) is 8.67. The Kier molecular flexibility index (Phi) is 8.16. The highest BCUT2D eigenvalue weighted by Crippen LogP contribution is 2.03. The number of nitriles is 1. The molecule has 0 saturated carbocycles. The van der Waals surface area contributed by atoms with Gasteiger partial charge in [-0.2, -0.15) is 5.26 Å². The average Bonchev–Trinajstić information content (AvgIpc) is 2.37. The maximum absolute atomic E-state index is 9.76. The fraction of sp³-hybridized carbons (Fsp3) is 0.308. The molecule has 0 atom stereocenters. The molecule has 0 spiro atoms. The maximum Gasteiger partial charge on any atom is 0.303 e. The Morgan fingerprint density at radius 2 is 1.89 bits per heavy atom. The minimum Gasteiger partial charge on any atom is -0.499 e. The van der Waals surface area contributed by atoms with Gasteiger partial charge in [-0.15, -0.1) is 0 Å². The van der Waals surface area contributed by atoms with Crippen molar-refractivity contribution >= 4 is 23.2 Å². The molecule has 0 aliphatic rings. The molecule has 1 rings (SSSR count). The van der Waals surface area contributed by atoms with Crippen LogP contribution in [0.5, 0.6) is 0 Å². The van der Waals surface area contributed by atoms with Crippen LogP contribution in [0.1, 0.15) is 37.3 Å². The van der Waals surface area contributed by atoms with Crippen LogP contribution in [-0.2, 0) is 4.79 Å². The molecule has 0 saturated heterocycles. The molecule has 4 nitrogen and oxygen atoms in total. The van der Waals surface area contributed by atoms with E-state index in [2.05, 4.69) is 12.2 Å². The van der Waals surface area contributed by atoms with Crippen molar-refractivity contribution in [2.24, 2.45) is 0 Å². The Hall–Kier alpha value is -1.93.